The van der Waals surface area contributed by atoms with Crippen molar-refractivity contribution in [2.45, 2.75) is 19.4 Å². The lowest BCUT2D eigenvalue weighted by Crippen LogP contribution is -2.25. The quantitative estimate of drug-likeness (QED) is 0.369. The molecule has 80 valence electrons. The van der Waals surface area contributed by atoms with Crippen LogP contribution in [0.2, 0.25) is 0 Å². The van der Waals surface area contributed by atoms with E-state index in [9.17, 15) is 4.79 Å². The third kappa shape index (κ3) is 4.99. The van der Waals surface area contributed by atoms with Crippen molar-refractivity contribution in [1.82, 2.24) is 5.32 Å². The van der Waals surface area contributed by atoms with E-state index in [1.165, 1.54) is 0 Å². The van der Waals surface area contributed by atoms with Gasteiger partial charge in [-0.15, -0.1) is 0 Å². The van der Waals surface area contributed by atoms with E-state index in [1.54, 1.807) is 6.92 Å². The molecule has 0 aromatic rings. The number of carbonyl (C=O) groups is 1. The summed E-state index contributed by atoms with van der Waals surface area (Å²) in [5, 5.41) is 2.74. The van der Waals surface area contributed by atoms with E-state index in [0.29, 0.717) is 31.4 Å². The maximum atomic E-state index is 11.0. The molecule has 0 radical (unpaired) electrons. The molecular formula is C10H17NO3. The van der Waals surface area contributed by atoms with Crippen LogP contribution in [0.3, 0.4) is 0 Å². The van der Waals surface area contributed by atoms with Crippen LogP contribution in [0.1, 0.15) is 13.3 Å². The van der Waals surface area contributed by atoms with Crippen LogP contribution in [0.4, 0.5) is 0 Å². The van der Waals surface area contributed by atoms with Crippen molar-refractivity contribution < 1.29 is 14.3 Å². The molecule has 0 aliphatic carbocycles. The zero-order valence-electron chi connectivity index (χ0n) is 8.54. The van der Waals surface area contributed by atoms with Crippen molar-refractivity contribution in [3.8, 4) is 0 Å². The van der Waals surface area contributed by atoms with Crippen LogP contribution >= 0.6 is 0 Å². The number of rotatable bonds is 7. The number of hydrogen-bond donors (Lipinski definition) is 1. The molecule has 1 fully saturated rings. The van der Waals surface area contributed by atoms with E-state index < -0.39 is 0 Å². The number of nitrogens with one attached hydrogen (secondary N) is 1. The Morgan fingerprint density at radius 3 is 3.00 bits per heavy atom. The number of carbonyl (C=O) groups excluding carboxylic acids is 1. The Morgan fingerprint density at radius 2 is 2.43 bits per heavy atom. The standard InChI is InChI=1S/C10H17NO3/c1-8(2)10(12)11-4-3-5-13-6-9-7-14-9/h9H,1,3-7H2,2H3,(H,11,12). The second-order valence-corrected chi connectivity index (χ2v) is 3.42. The molecule has 14 heavy (non-hydrogen) atoms. The minimum Gasteiger partial charge on any atom is -0.379 e. The zero-order chi connectivity index (χ0) is 10.4. The van der Waals surface area contributed by atoms with Crippen molar-refractivity contribution >= 4 is 5.91 Å². The number of epoxide rings is 1. The summed E-state index contributed by atoms with van der Waals surface area (Å²) in [5.41, 5.74) is 0.539. The van der Waals surface area contributed by atoms with Crippen molar-refractivity contribution in [3.05, 3.63) is 12.2 Å². The van der Waals surface area contributed by atoms with Crippen LogP contribution < -0.4 is 5.32 Å². The average Bonchev–Trinajstić information content (AvgIpc) is 2.94. The molecule has 0 saturated carbocycles. The molecule has 4 nitrogen and oxygen atoms in total. The highest BCUT2D eigenvalue weighted by Crippen LogP contribution is 2.08. The van der Waals surface area contributed by atoms with Crippen LogP contribution in [0, 0.1) is 0 Å². The van der Waals surface area contributed by atoms with Gasteiger partial charge in [0.1, 0.15) is 6.10 Å². The minimum absolute atomic E-state index is 0.0875. The van der Waals surface area contributed by atoms with Crippen molar-refractivity contribution in [3.63, 3.8) is 0 Å². The summed E-state index contributed by atoms with van der Waals surface area (Å²) in [5.74, 6) is -0.0875. The van der Waals surface area contributed by atoms with Gasteiger partial charge in [-0.05, 0) is 13.3 Å². The largest absolute Gasteiger partial charge is 0.379 e. The molecule has 1 aliphatic heterocycles. The smallest absolute Gasteiger partial charge is 0.246 e. The molecule has 1 heterocycles. The van der Waals surface area contributed by atoms with Gasteiger partial charge in [-0.25, -0.2) is 0 Å². The Bertz CT molecular complexity index is 211. The van der Waals surface area contributed by atoms with Gasteiger partial charge >= 0.3 is 0 Å². The SMILES string of the molecule is C=C(C)C(=O)NCCCOCC1CO1. The van der Waals surface area contributed by atoms with Gasteiger partial charge in [-0.2, -0.15) is 0 Å². The summed E-state index contributed by atoms with van der Waals surface area (Å²) >= 11 is 0. The molecule has 0 bridgehead atoms. The van der Waals surface area contributed by atoms with Gasteiger partial charge in [0.25, 0.3) is 0 Å². The van der Waals surface area contributed by atoms with Gasteiger partial charge in [0, 0.05) is 18.7 Å². The first-order valence-electron chi connectivity index (χ1n) is 4.83. The molecule has 1 atom stereocenters. The highest BCUT2D eigenvalue weighted by Gasteiger charge is 2.21. The van der Waals surface area contributed by atoms with Gasteiger partial charge in [-0.1, -0.05) is 6.58 Å². The van der Waals surface area contributed by atoms with Crippen LogP contribution in [0.15, 0.2) is 12.2 Å². The maximum absolute atomic E-state index is 11.0. The first-order chi connectivity index (χ1) is 6.70. The normalized spacial score (nSPS) is 19.1. The van der Waals surface area contributed by atoms with Crippen molar-refractivity contribution in [2.24, 2.45) is 0 Å². The predicted octanol–water partition coefficient (Wildman–Crippen LogP) is 0.484. The number of amides is 1. The summed E-state index contributed by atoms with van der Waals surface area (Å²) in [6.07, 6.45) is 1.14. The third-order valence-corrected chi connectivity index (χ3v) is 1.84. The molecule has 1 unspecified atom stereocenters. The number of ether oxygens (including phenoxy) is 2. The summed E-state index contributed by atoms with van der Waals surface area (Å²) < 4.78 is 10.3. The van der Waals surface area contributed by atoms with Gasteiger partial charge < -0.3 is 14.8 Å². The van der Waals surface area contributed by atoms with E-state index in [2.05, 4.69) is 11.9 Å². The maximum Gasteiger partial charge on any atom is 0.246 e. The van der Waals surface area contributed by atoms with Crippen LogP contribution in [-0.2, 0) is 14.3 Å². The fourth-order valence-electron chi connectivity index (χ4n) is 0.906. The molecule has 4 heteroatoms. The Kier molecular flexibility index (Phi) is 4.62. The molecule has 0 aromatic carbocycles. The Labute approximate surface area is 84.3 Å². The first-order valence-corrected chi connectivity index (χ1v) is 4.83. The van der Waals surface area contributed by atoms with E-state index in [-0.39, 0.29) is 5.91 Å². The molecule has 1 aliphatic rings. The number of hydrogen-bond acceptors (Lipinski definition) is 3. The first kappa shape index (κ1) is 11.2. The van der Waals surface area contributed by atoms with E-state index in [1.807, 2.05) is 0 Å². The second-order valence-electron chi connectivity index (χ2n) is 3.42. The average molecular weight is 199 g/mol. The summed E-state index contributed by atoms with van der Waals surface area (Å²) in [6.45, 7) is 8.03. The minimum atomic E-state index is -0.0875. The lowest BCUT2D eigenvalue weighted by molar-refractivity contribution is -0.117. The third-order valence-electron chi connectivity index (χ3n) is 1.84. The molecule has 0 aromatic heterocycles. The fraction of sp³-hybridized carbons (Fsp3) is 0.700. The van der Waals surface area contributed by atoms with Crippen molar-refractivity contribution in [2.75, 3.05) is 26.4 Å². The summed E-state index contributed by atoms with van der Waals surface area (Å²) in [7, 11) is 0. The Hall–Kier alpha value is -0.870. The lowest BCUT2D eigenvalue weighted by Gasteiger charge is -2.04. The van der Waals surface area contributed by atoms with E-state index >= 15 is 0 Å². The second kappa shape index (κ2) is 5.78. The van der Waals surface area contributed by atoms with Gasteiger partial charge in [0.15, 0.2) is 0 Å². The van der Waals surface area contributed by atoms with Crippen LogP contribution in [-0.4, -0.2) is 38.4 Å². The summed E-state index contributed by atoms with van der Waals surface area (Å²) in [4.78, 5) is 11.0. The van der Waals surface area contributed by atoms with Crippen LogP contribution in [0.25, 0.3) is 0 Å². The lowest BCUT2D eigenvalue weighted by atomic mass is 10.3. The van der Waals surface area contributed by atoms with E-state index in [4.69, 9.17) is 9.47 Å². The molecule has 0 spiro atoms. The van der Waals surface area contributed by atoms with Gasteiger partial charge in [0.05, 0.1) is 13.2 Å². The molecule has 1 rings (SSSR count). The highest BCUT2D eigenvalue weighted by atomic mass is 16.6. The van der Waals surface area contributed by atoms with Crippen molar-refractivity contribution in [1.29, 1.82) is 0 Å². The molecule has 1 saturated heterocycles. The highest BCUT2D eigenvalue weighted by molar-refractivity contribution is 5.91. The van der Waals surface area contributed by atoms with E-state index in [0.717, 1.165) is 13.0 Å². The topological polar surface area (TPSA) is 50.9 Å². The zero-order valence-corrected chi connectivity index (χ0v) is 8.54. The fourth-order valence-corrected chi connectivity index (χ4v) is 0.906. The Balaban J connectivity index is 1.83. The molecule has 1 amide bonds. The Morgan fingerprint density at radius 1 is 1.71 bits per heavy atom. The predicted molar refractivity (Wildman–Crippen MR) is 53.0 cm³/mol. The summed E-state index contributed by atoms with van der Waals surface area (Å²) in [6, 6.07) is 0. The van der Waals surface area contributed by atoms with Gasteiger partial charge in [-0.3, -0.25) is 4.79 Å². The molecular weight excluding hydrogens is 182 g/mol. The van der Waals surface area contributed by atoms with Crippen LogP contribution in [0.5, 0.6) is 0 Å². The van der Waals surface area contributed by atoms with Gasteiger partial charge in [0.2, 0.25) is 5.91 Å². The monoisotopic (exact) mass is 199 g/mol. The molecule has 1 N–H and O–H groups in total.